The Labute approximate surface area is 124 Å². The van der Waals surface area contributed by atoms with E-state index in [0.717, 1.165) is 18.5 Å². The van der Waals surface area contributed by atoms with Crippen LogP contribution in [-0.4, -0.2) is 22.0 Å². The average Bonchev–Trinajstić information content (AvgIpc) is 3.30. The summed E-state index contributed by atoms with van der Waals surface area (Å²) in [6.07, 6.45) is 5.54. The number of pyridine rings is 1. The number of urea groups is 1. The lowest BCUT2D eigenvalue weighted by molar-refractivity contribution is 0.206. The molecule has 1 fully saturated rings. The fourth-order valence-electron chi connectivity index (χ4n) is 2.39. The smallest absolute Gasteiger partial charge is 0.317 e. The van der Waals surface area contributed by atoms with Crippen LogP contribution in [0.15, 0.2) is 48.8 Å². The van der Waals surface area contributed by atoms with Gasteiger partial charge in [-0.05, 0) is 37.5 Å². The van der Waals surface area contributed by atoms with Crippen LogP contribution in [0, 0.1) is 6.92 Å². The summed E-state index contributed by atoms with van der Waals surface area (Å²) < 4.78 is 0. The zero-order valence-electron chi connectivity index (χ0n) is 12.1. The Morgan fingerprint density at radius 2 is 2.05 bits per heavy atom. The number of carbonyl (C=O) groups excluding carboxylic acids is 1. The summed E-state index contributed by atoms with van der Waals surface area (Å²) in [4.78, 5) is 18.4. The predicted molar refractivity (Wildman–Crippen MR) is 83.0 cm³/mol. The second-order valence-corrected chi connectivity index (χ2v) is 5.51. The molecule has 1 aromatic heterocycles. The van der Waals surface area contributed by atoms with Gasteiger partial charge in [-0.3, -0.25) is 4.98 Å². The van der Waals surface area contributed by atoms with Crippen molar-refractivity contribution in [2.45, 2.75) is 32.4 Å². The number of anilines is 1. The second-order valence-electron chi connectivity index (χ2n) is 5.51. The molecule has 21 heavy (non-hydrogen) atoms. The molecule has 1 aliphatic rings. The van der Waals surface area contributed by atoms with Gasteiger partial charge in [0.05, 0.1) is 0 Å². The van der Waals surface area contributed by atoms with Crippen LogP contribution in [0.2, 0.25) is 0 Å². The van der Waals surface area contributed by atoms with Gasteiger partial charge >= 0.3 is 6.03 Å². The molecule has 0 spiro atoms. The Kier molecular flexibility index (Phi) is 3.86. The van der Waals surface area contributed by atoms with Gasteiger partial charge in [0.15, 0.2) is 0 Å². The molecule has 2 amide bonds. The van der Waals surface area contributed by atoms with E-state index < -0.39 is 0 Å². The highest BCUT2D eigenvalue weighted by atomic mass is 16.2. The maximum atomic E-state index is 12.5. The first-order chi connectivity index (χ1) is 10.2. The third kappa shape index (κ3) is 3.60. The number of benzene rings is 1. The molecule has 0 bridgehead atoms. The summed E-state index contributed by atoms with van der Waals surface area (Å²) in [7, 11) is 0. The van der Waals surface area contributed by atoms with Crippen molar-refractivity contribution in [3.05, 3.63) is 59.9 Å². The Morgan fingerprint density at radius 1 is 1.29 bits per heavy atom. The molecule has 1 heterocycles. The summed E-state index contributed by atoms with van der Waals surface area (Å²) in [5, 5.41) is 2.95. The highest BCUT2D eigenvalue weighted by Crippen LogP contribution is 2.29. The number of aromatic nitrogens is 1. The van der Waals surface area contributed by atoms with E-state index in [-0.39, 0.29) is 6.03 Å². The molecular formula is C17H19N3O. The van der Waals surface area contributed by atoms with E-state index in [4.69, 9.17) is 0 Å². The summed E-state index contributed by atoms with van der Waals surface area (Å²) in [5.41, 5.74) is 3.18. The van der Waals surface area contributed by atoms with Crippen LogP contribution < -0.4 is 5.32 Å². The molecule has 0 aliphatic heterocycles. The lowest BCUT2D eigenvalue weighted by Gasteiger charge is -2.23. The third-order valence-corrected chi connectivity index (χ3v) is 3.62. The van der Waals surface area contributed by atoms with E-state index in [9.17, 15) is 4.79 Å². The molecule has 1 aliphatic carbocycles. The second kappa shape index (κ2) is 5.95. The van der Waals surface area contributed by atoms with Crippen LogP contribution in [0.25, 0.3) is 0 Å². The minimum absolute atomic E-state index is 0.0368. The van der Waals surface area contributed by atoms with E-state index in [2.05, 4.69) is 35.4 Å². The van der Waals surface area contributed by atoms with Crippen molar-refractivity contribution in [3.63, 3.8) is 0 Å². The van der Waals surface area contributed by atoms with E-state index >= 15 is 0 Å². The number of hydrogen-bond donors (Lipinski definition) is 1. The number of hydrogen-bond acceptors (Lipinski definition) is 2. The van der Waals surface area contributed by atoms with Crippen LogP contribution in [0.4, 0.5) is 10.5 Å². The number of amides is 2. The van der Waals surface area contributed by atoms with Gasteiger partial charge in [0.1, 0.15) is 0 Å². The minimum Gasteiger partial charge on any atom is -0.317 e. The summed E-state index contributed by atoms with van der Waals surface area (Å²) >= 11 is 0. The number of aryl methyl sites for hydroxylation is 1. The normalized spacial score (nSPS) is 13.8. The minimum atomic E-state index is -0.0368. The van der Waals surface area contributed by atoms with Crippen molar-refractivity contribution in [1.29, 1.82) is 0 Å². The highest BCUT2D eigenvalue weighted by molar-refractivity contribution is 5.89. The zero-order valence-corrected chi connectivity index (χ0v) is 12.1. The van der Waals surface area contributed by atoms with Crippen LogP contribution in [-0.2, 0) is 6.54 Å². The van der Waals surface area contributed by atoms with Crippen LogP contribution in [0.3, 0.4) is 0 Å². The van der Waals surface area contributed by atoms with E-state index in [1.807, 2.05) is 11.0 Å². The van der Waals surface area contributed by atoms with Crippen LogP contribution >= 0.6 is 0 Å². The first-order valence-corrected chi connectivity index (χ1v) is 7.25. The fourth-order valence-corrected chi connectivity index (χ4v) is 2.39. The highest BCUT2D eigenvalue weighted by Gasteiger charge is 2.32. The molecule has 1 aromatic carbocycles. The lowest BCUT2D eigenvalue weighted by atomic mass is 10.1. The van der Waals surface area contributed by atoms with Crippen molar-refractivity contribution in [2.24, 2.45) is 0 Å². The number of rotatable bonds is 4. The Bertz CT molecular complexity index is 623. The van der Waals surface area contributed by atoms with E-state index in [0.29, 0.717) is 12.6 Å². The summed E-state index contributed by atoms with van der Waals surface area (Å²) in [5.74, 6) is 0. The van der Waals surface area contributed by atoms with Gasteiger partial charge in [-0.2, -0.15) is 0 Å². The summed E-state index contributed by atoms with van der Waals surface area (Å²) in [6.45, 7) is 2.73. The molecule has 4 nitrogen and oxygen atoms in total. The van der Waals surface area contributed by atoms with Crippen molar-refractivity contribution in [3.8, 4) is 0 Å². The summed E-state index contributed by atoms with van der Waals surface area (Å²) in [6, 6.07) is 12.2. The molecule has 1 saturated carbocycles. The topological polar surface area (TPSA) is 45.2 Å². The molecule has 0 unspecified atom stereocenters. The maximum Gasteiger partial charge on any atom is 0.322 e. The Balaban J connectivity index is 1.71. The van der Waals surface area contributed by atoms with Gasteiger partial charge in [0.25, 0.3) is 0 Å². The van der Waals surface area contributed by atoms with E-state index in [1.54, 1.807) is 24.5 Å². The zero-order chi connectivity index (χ0) is 14.7. The fraction of sp³-hybridized carbons (Fsp3) is 0.294. The van der Waals surface area contributed by atoms with Gasteiger partial charge in [-0.1, -0.05) is 29.8 Å². The Hall–Kier alpha value is -2.36. The van der Waals surface area contributed by atoms with Crippen molar-refractivity contribution >= 4 is 11.7 Å². The molecule has 2 aromatic rings. The standard InChI is InChI=1S/C17H19N3O/c1-13-3-2-4-14(11-13)12-20(16-5-6-16)17(21)19-15-7-9-18-10-8-15/h2-4,7-11,16H,5-6,12H2,1H3,(H,18,19,21). The third-order valence-electron chi connectivity index (χ3n) is 3.62. The Morgan fingerprint density at radius 3 is 2.71 bits per heavy atom. The first-order valence-electron chi connectivity index (χ1n) is 7.25. The molecule has 0 atom stereocenters. The van der Waals surface area contributed by atoms with Crippen molar-refractivity contribution in [1.82, 2.24) is 9.88 Å². The predicted octanol–water partition coefficient (Wildman–Crippen LogP) is 3.59. The molecule has 1 N–H and O–H groups in total. The largest absolute Gasteiger partial charge is 0.322 e. The molecular weight excluding hydrogens is 262 g/mol. The number of carbonyl (C=O) groups is 1. The molecule has 0 radical (unpaired) electrons. The van der Waals surface area contributed by atoms with E-state index in [1.165, 1.54) is 11.1 Å². The molecule has 3 rings (SSSR count). The van der Waals surface area contributed by atoms with Crippen molar-refractivity contribution in [2.75, 3.05) is 5.32 Å². The van der Waals surface area contributed by atoms with Crippen LogP contribution in [0.1, 0.15) is 24.0 Å². The quantitative estimate of drug-likeness (QED) is 0.931. The first kappa shape index (κ1) is 13.6. The monoisotopic (exact) mass is 281 g/mol. The maximum absolute atomic E-state index is 12.5. The van der Waals surface area contributed by atoms with Crippen molar-refractivity contribution < 1.29 is 4.79 Å². The van der Waals surface area contributed by atoms with Gasteiger partial charge in [0.2, 0.25) is 0 Å². The SMILES string of the molecule is Cc1cccc(CN(C(=O)Nc2ccncc2)C2CC2)c1. The number of nitrogens with zero attached hydrogens (tertiary/aromatic N) is 2. The van der Waals surface area contributed by atoms with Gasteiger partial charge in [-0.25, -0.2) is 4.79 Å². The van der Waals surface area contributed by atoms with Gasteiger partial charge in [0, 0.05) is 30.7 Å². The van der Waals surface area contributed by atoms with Gasteiger partial charge < -0.3 is 10.2 Å². The number of nitrogens with one attached hydrogen (secondary N) is 1. The lowest BCUT2D eigenvalue weighted by Crippen LogP contribution is -2.36. The molecule has 108 valence electrons. The van der Waals surface area contributed by atoms with Gasteiger partial charge in [-0.15, -0.1) is 0 Å². The van der Waals surface area contributed by atoms with Crippen LogP contribution in [0.5, 0.6) is 0 Å². The molecule has 0 saturated heterocycles. The molecule has 4 heteroatoms. The average molecular weight is 281 g/mol.